The maximum Gasteiger partial charge on any atom is 0.264 e. The van der Waals surface area contributed by atoms with E-state index in [0.29, 0.717) is 11.4 Å². The van der Waals surface area contributed by atoms with Gasteiger partial charge in [-0.3, -0.25) is 9.59 Å². The molecule has 8 heteroatoms. The van der Waals surface area contributed by atoms with Crippen molar-refractivity contribution in [1.29, 1.82) is 0 Å². The molecule has 2 amide bonds. The molecule has 0 aliphatic carbocycles. The van der Waals surface area contributed by atoms with Crippen molar-refractivity contribution < 1.29 is 9.59 Å². The van der Waals surface area contributed by atoms with Gasteiger partial charge in [-0.05, 0) is 39.2 Å². The summed E-state index contributed by atoms with van der Waals surface area (Å²) in [6.07, 6.45) is 5.43. The van der Waals surface area contributed by atoms with Crippen LogP contribution >= 0.6 is 27.3 Å². The van der Waals surface area contributed by atoms with Gasteiger partial charge in [-0.2, -0.15) is 0 Å². The van der Waals surface area contributed by atoms with Crippen molar-refractivity contribution >= 4 is 39.1 Å². The molecule has 0 unspecified atom stereocenters. The molecule has 27 heavy (non-hydrogen) atoms. The fraction of sp³-hybridized carbons (Fsp3) is 0.211. The Bertz CT molecular complexity index is 923. The molecular formula is C19H19BrN4O2S. The SMILES string of the molecule is CN(CC(=O)NCc1cccc(Cn2ccnc2)c1)C(=O)c1ccc(Br)s1. The highest BCUT2D eigenvalue weighted by Gasteiger charge is 2.16. The number of hydrogen-bond donors (Lipinski definition) is 1. The average Bonchev–Trinajstić information content (AvgIpc) is 3.31. The highest BCUT2D eigenvalue weighted by Crippen LogP contribution is 2.22. The minimum Gasteiger partial charge on any atom is -0.350 e. The first-order valence-electron chi connectivity index (χ1n) is 8.32. The molecule has 0 aliphatic rings. The number of likely N-dealkylation sites (N-methyl/N-ethyl adjacent to an activating group) is 1. The van der Waals surface area contributed by atoms with Crippen molar-refractivity contribution in [2.24, 2.45) is 0 Å². The van der Waals surface area contributed by atoms with E-state index in [4.69, 9.17) is 0 Å². The van der Waals surface area contributed by atoms with Crippen LogP contribution in [0.25, 0.3) is 0 Å². The molecule has 6 nitrogen and oxygen atoms in total. The van der Waals surface area contributed by atoms with Crippen LogP contribution in [-0.4, -0.2) is 39.9 Å². The highest BCUT2D eigenvalue weighted by atomic mass is 79.9. The van der Waals surface area contributed by atoms with E-state index in [2.05, 4.69) is 32.3 Å². The molecule has 1 N–H and O–H groups in total. The van der Waals surface area contributed by atoms with E-state index >= 15 is 0 Å². The summed E-state index contributed by atoms with van der Waals surface area (Å²) in [6.45, 7) is 1.17. The van der Waals surface area contributed by atoms with E-state index in [1.54, 1.807) is 25.6 Å². The Hall–Kier alpha value is -2.45. The third kappa shape index (κ3) is 5.51. The number of hydrogen-bond acceptors (Lipinski definition) is 4. The summed E-state index contributed by atoms with van der Waals surface area (Å²) < 4.78 is 2.88. The lowest BCUT2D eigenvalue weighted by molar-refractivity contribution is -0.121. The van der Waals surface area contributed by atoms with Gasteiger partial charge in [0, 0.05) is 32.5 Å². The van der Waals surface area contributed by atoms with Crippen molar-refractivity contribution in [2.75, 3.05) is 13.6 Å². The molecule has 0 radical (unpaired) electrons. The molecule has 3 rings (SSSR count). The topological polar surface area (TPSA) is 67.2 Å². The summed E-state index contributed by atoms with van der Waals surface area (Å²) >= 11 is 4.69. The second-order valence-electron chi connectivity index (χ2n) is 6.10. The second kappa shape index (κ2) is 8.96. The molecule has 1 aromatic carbocycles. The van der Waals surface area contributed by atoms with Gasteiger partial charge in [0.2, 0.25) is 5.91 Å². The molecule has 140 valence electrons. The summed E-state index contributed by atoms with van der Waals surface area (Å²) in [7, 11) is 1.63. The number of carbonyl (C=O) groups excluding carboxylic acids is 2. The number of nitrogens with zero attached hydrogens (tertiary/aromatic N) is 3. The Kier molecular flexibility index (Phi) is 6.41. The number of imidazole rings is 1. The molecule has 0 atom stereocenters. The maximum absolute atomic E-state index is 12.3. The zero-order valence-electron chi connectivity index (χ0n) is 14.8. The molecule has 0 aliphatic heterocycles. The summed E-state index contributed by atoms with van der Waals surface area (Å²) in [5.41, 5.74) is 2.15. The van der Waals surface area contributed by atoms with Crippen LogP contribution in [0, 0.1) is 0 Å². The average molecular weight is 447 g/mol. The quantitative estimate of drug-likeness (QED) is 0.605. The lowest BCUT2D eigenvalue weighted by atomic mass is 10.1. The molecule has 0 bridgehead atoms. The molecule has 0 saturated carbocycles. The van der Waals surface area contributed by atoms with Crippen LogP contribution in [0.15, 0.2) is 58.9 Å². The number of benzene rings is 1. The molecule has 0 fully saturated rings. The van der Waals surface area contributed by atoms with Gasteiger partial charge in [0.15, 0.2) is 0 Å². The normalized spacial score (nSPS) is 10.6. The van der Waals surface area contributed by atoms with Gasteiger partial charge in [0.25, 0.3) is 5.91 Å². The van der Waals surface area contributed by atoms with E-state index in [-0.39, 0.29) is 18.4 Å². The van der Waals surface area contributed by atoms with Crippen LogP contribution < -0.4 is 5.32 Å². The number of amides is 2. The monoisotopic (exact) mass is 446 g/mol. The van der Waals surface area contributed by atoms with E-state index in [1.807, 2.05) is 35.0 Å². The Balaban J connectivity index is 1.50. The Morgan fingerprint density at radius 2 is 2.07 bits per heavy atom. The first-order valence-corrected chi connectivity index (χ1v) is 9.93. The standard InChI is InChI=1S/C19H19BrN4O2S/c1-23(19(26)16-5-6-17(20)27-16)12-18(25)22-10-14-3-2-4-15(9-14)11-24-8-7-21-13-24/h2-9,13H,10-12H2,1H3,(H,22,25). The third-order valence-corrected chi connectivity index (χ3v) is 5.53. The highest BCUT2D eigenvalue weighted by molar-refractivity contribution is 9.11. The largest absolute Gasteiger partial charge is 0.350 e. The van der Waals surface area contributed by atoms with Gasteiger partial charge in [-0.1, -0.05) is 24.3 Å². The van der Waals surface area contributed by atoms with Crippen molar-refractivity contribution in [3.63, 3.8) is 0 Å². The third-order valence-electron chi connectivity index (χ3n) is 3.92. The summed E-state index contributed by atoms with van der Waals surface area (Å²) in [6, 6.07) is 11.6. The smallest absolute Gasteiger partial charge is 0.264 e. The Morgan fingerprint density at radius 3 is 2.78 bits per heavy atom. The van der Waals surface area contributed by atoms with E-state index in [1.165, 1.54) is 16.2 Å². The van der Waals surface area contributed by atoms with Crippen LogP contribution in [-0.2, 0) is 17.9 Å². The van der Waals surface area contributed by atoms with Gasteiger partial charge < -0.3 is 14.8 Å². The first kappa shape index (κ1) is 19.3. The van der Waals surface area contributed by atoms with Crippen molar-refractivity contribution in [3.8, 4) is 0 Å². The molecule has 0 saturated heterocycles. The number of thiophene rings is 1. The molecule has 3 aromatic rings. The van der Waals surface area contributed by atoms with Crippen LogP contribution in [0.2, 0.25) is 0 Å². The van der Waals surface area contributed by atoms with Gasteiger partial charge in [0.1, 0.15) is 0 Å². The van der Waals surface area contributed by atoms with Crippen LogP contribution in [0.3, 0.4) is 0 Å². The number of rotatable bonds is 7. The number of nitrogens with one attached hydrogen (secondary N) is 1. The van der Waals surface area contributed by atoms with E-state index in [9.17, 15) is 9.59 Å². The maximum atomic E-state index is 12.3. The van der Waals surface area contributed by atoms with Crippen molar-refractivity contribution in [3.05, 3.63) is 74.9 Å². The molecule has 2 aromatic heterocycles. The predicted octanol–water partition coefficient (Wildman–Crippen LogP) is 3.14. The van der Waals surface area contributed by atoms with Crippen LogP contribution in [0.4, 0.5) is 0 Å². The Morgan fingerprint density at radius 1 is 1.26 bits per heavy atom. The van der Waals surface area contributed by atoms with Crippen LogP contribution in [0.5, 0.6) is 0 Å². The number of carbonyl (C=O) groups is 2. The zero-order valence-corrected chi connectivity index (χ0v) is 17.2. The minimum absolute atomic E-state index is 0.0169. The number of aromatic nitrogens is 2. The second-order valence-corrected chi connectivity index (χ2v) is 8.56. The van der Waals surface area contributed by atoms with Crippen LogP contribution in [0.1, 0.15) is 20.8 Å². The van der Waals surface area contributed by atoms with E-state index < -0.39 is 0 Å². The summed E-state index contributed by atoms with van der Waals surface area (Å²) in [5.74, 6) is -0.357. The van der Waals surface area contributed by atoms with Gasteiger partial charge in [-0.15, -0.1) is 11.3 Å². The zero-order chi connectivity index (χ0) is 19.2. The number of halogens is 1. The predicted molar refractivity (Wildman–Crippen MR) is 109 cm³/mol. The van der Waals surface area contributed by atoms with Gasteiger partial charge in [0.05, 0.1) is 21.5 Å². The summed E-state index contributed by atoms with van der Waals surface area (Å²) in [5, 5.41) is 2.87. The lowest BCUT2D eigenvalue weighted by Crippen LogP contribution is -2.37. The minimum atomic E-state index is -0.193. The first-order chi connectivity index (χ1) is 13.0. The Labute approximate surface area is 170 Å². The van der Waals surface area contributed by atoms with Gasteiger partial charge in [-0.25, -0.2) is 4.98 Å². The lowest BCUT2D eigenvalue weighted by Gasteiger charge is -2.16. The summed E-state index contributed by atoms with van der Waals surface area (Å²) in [4.78, 5) is 30.5. The van der Waals surface area contributed by atoms with Crippen molar-refractivity contribution in [2.45, 2.75) is 13.1 Å². The van der Waals surface area contributed by atoms with Gasteiger partial charge >= 0.3 is 0 Å². The molecular weight excluding hydrogens is 428 g/mol. The molecule has 0 spiro atoms. The fourth-order valence-corrected chi connectivity index (χ4v) is 3.97. The van der Waals surface area contributed by atoms with E-state index in [0.717, 1.165) is 21.5 Å². The fourth-order valence-electron chi connectivity index (χ4n) is 2.59. The van der Waals surface area contributed by atoms with Crippen molar-refractivity contribution in [1.82, 2.24) is 19.8 Å². The molecule has 2 heterocycles.